The van der Waals surface area contributed by atoms with E-state index in [-0.39, 0.29) is 5.92 Å². The zero-order valence-corrected chi connectivity index (χ0v) is 9.40. The molecule has 0 fully saturated rings. The quantitative estimate of drug-likeness (QED) is 0.904. The number of imidazole rings is 1. The van der Waals surface area contributed by atoms with Crippen LogP contribution in [0.5, 0.6) is 0 Å². The normalized spacial score (nSPS) is 12.0. The van der Waals surface area contributed by atoms with Crippen molar-refractivity contribution in [2.75, 3.05) is 0 Å². The van der Waals surface area contributed by atoms with Gasteiger partial charge in [-0.25, -0.2) is 4.98 Å². The van der Waals surface area contributed by atoms with Crippen molar-refractivity contribution in [1.82, 2.24) is 9.97 Å². The van der Waals surface area contributed by atoms with Crippen molar-refractivity contribution in [3.63, 3.8) is 0 Å². The van der Waals surface area contributed by atoms with Gasteiger partial charge in [-0.05, 0) is 17.7 Å². The lowest BCUT2D eigenvalue weighted by Gasteiger charge is -2.06. The van der Waals surface area contributed by atoms with Crippen LogP contribution in [0.4, 0.5) is 0 Å². The first-order valence-electron chi connectivity index (χ1n) is 4.45. The highest BCUT2D eigenvalue weighted by Crippen LogP contribution is 2.23. The molecule has 0 spiro atoms. The molecule has 0 bridgehead atoms. The fraction of sp³-hybridized carbons (Fsp3) is 0.0909. The first-order valence-corrected chi connectivity index (χ1v) is 5.25. The molecule has 0 aliphatic heterocycles. The summed E-state index contributed by atoms with van der Waals surface area (Å²) in [6.07, 6.45) is 3.37. The van der Waals surface area contributed by atoms with Gasteiger partial charge in [0.15, 0.2) is 0 Å². The number of benzene rings is 1. The maximum absolute atomic E-state index is 9.12. The van der Waals surface area contributed by atoms with Crippen LogP contribution >= 0.6 is 15.9 Å². The Labute approximate surface area is 95.9 Å². The van der Waals surface area contributed by atoms with Gasteiger partial charge in [0.25, 0.3) is 0 Å². The van der Waals surface area contributed by atoms with Crippen LogP contribution in [-0.4, -0.2) is 9.97 Å². The number of nitrogens with zero attached hydrogens (tertiary/aromatic N) is 2. The minimum atomic E-state index is -0.336. The molecule has 1 atom stereocenters. The number of hydrogen-bond acceptors (Lipinski definition) is 2. The maximum Gasteiger partial charge on any atom is 0.129 e. The van der Waals surface area contributed by atoms with Gasteiger partial charge in [-0.3, -0.25) is 0 Å². The van der Waals surface area contributed by atoms with E-state index in [0.717, 1.165) is 10.0 Å². The first-order chi connectivity index (χ1) is 7.31. The number of halogens is 1. The summed E-state index contributed by atoms with van der Waals surface area (Å²) < 4.78 is 0.965. The van der Waals surface area contributed by atoms with Crippen LogP contribution in [-0.2, 0) is 0 Å². The predicted octanol–water partition coefficient (Wildman–Crippen LogP) is 2.83. The highest BCUT2D eigenvalue weighted by atomic mass is 79.9. The smallest absolute Gasteiger partial charge is 0.129 e. The molecule has 3 nitrogen and oxygen atoms in total. The van der Waals surface area contributed by atoms with Gasteiger partial charge >= 0.3 is 0 Å². The molecule has 0 aliphatic carbocycles. The summed E-state index contributed by atoms with van der Waals surface area (Å²) in [5.74, 6) is 0.341. The molecule has 0 amide bonds. The Morgan fingerprint density at radius 1 is 1.47 bits per heavy atom. The average molecular weight is 262 g/mol. The summed E-state index contributed by atoms with van der Waals surface area (Å²) in [6, 6.07) is 9.92. The monoisotopic (exact) mass is 261 g/mol. The largest absolute Gasteiger partial charge is 0.347 e. The molecule has 1 aromatic carbocycles. The molecule has 1 N–H and O–H groups in total. The second-order valence-electron chi connectivity index (χ2n) is 3.09. The van der Waals surface area contributed by atoms with Gasteiger partial charge in [-0.2, -0.15) is 5.26 Å². The summed E-state index contributed by atoms with van der Waals surface area (Å²) in [7, 11) is 0. The van der Waals surface area contributed by atoms with Crippen molar-refractivity contribution in [3.05, 3.63) is 52.5 Å². The second kappa shape index (κ2) is 4.28. The highest BCUT2D eigenvalue weighted by Gasteiger charge is 2.15. The van der Waals surface area contributed by atoms with Gasteiger partial charge in [0, 0.05) is 16.9 Å². The standard InChI is InChI=1S/C11H8BrN3/c12-9-3-1-2-8(6-9)10(7-13)11-14-4-5-15-11/h1-6,10H,(H,14,15). The van der Waals surface area contributed by atoms with Gasteiger partial charge in [-0.15, -0.1) is 0 Å². The lowest BCUT2D eigenvalue weighted by Crippen LogP contribution is -2.00. The summed E-state index contributed by atoms with van der Waals surface area (Å²) in [6.45, 7) is 0. The Morgan fingerprint density at radius 3 is 2.93 bits per heavy atom. The molecule has 2 rings (SSSR count). The van der Waals surface area contributed by atoms with Gasteiger partial charge in [0.05, 0.1) is 6.07 Å². The molecule has 0 aliphatic rings. The van der Waals surface area contributed by atoms with Crippen LogP contribution in [0, 0.1) is 11.3 Å². The summed E-state index contributed by atoms with van der Waals surface area (Å²) >= 11 is 3.38. The van der Waals surface area contributed by atoms with Crippen molar-refractivity contribution in [3.8, 4) is 6.07 Å². The van der Waals surface area contributed by atoms with Gasteiger partial charge in [0.2, 0.25) is 0 Å². The third-order valence-corrected chi connectivity index (χ3v) is 2.60. The molecule has 74 valence electrons. The molecule has 2 aromatic rings. The van der Waals surface area contributed by atoms with Gasteiger partial charge < -0.3 is 4.98 Å². The molecule has 0 saturated carbocycles. The van der Waals surface area contributed by atoms with E-state index in [1.165, 1.54) is 0 Å². The Kier molecular flexibility index (Phi) is 2.84. The topological polar surface area (TPSA) is 52.5 Å². The summed E-state index contributed by atoms with van der Waals surface area (Å²) in [4.78, 5) is 7.06. The van der Waals surface area contributed by atoms with E-state index in [1.807, 2.05) is 24.3 Å². The van der Waals surface area contributed by atoms with Crippen molar-refractivity contribution in [2.45, 2.75) is 5.92 Å². The Hall–Kier alpha value is -1.60. The molecular formula is C11H8BrN3. The van der Waals surface area contributed by atoms with Crippen molar-refractivity contribution in [2.24, 2.45) is 0 Å². The predicted molar refractivity (Wildman–Crippen MR) is 60.2 cm³/mol. The third-order valence-electron chi connectivity index (χ3n) is 2.10. The Balaban J connectivity index is 2.41. The number of aromatic amines is 1. The van der Waals surface area contributed by atoms with Crippen molar-refractivity contribution >= 4 is 15.9 Å². The molecule has 1 aromatic heterocycles. The van der Waals surface area contributed by atoms with Crippen molar-refractivity contribution in [1.29, 1.82) is 5.26 Å². The lowest BCUT2D eigenvalue weighted by molar-refractivity contribution is 0.926. The molecule has 1 heterocycles. The number of hydrogen-bond donors (Lipinski definition) is 1. The number of aromatic nitrogens is 2. The van der Waals surface area contributed by atoms with Crippen molar-refractivity contribution < 1.29 is 0 Å². The van der Waals surface area contributed by atoms with Gasteiger partial charge in [0.1, 0.15) is 11.7 Å². The number of H-pyrrole nitrogens is 1. The maximum atomic E-state index is 9.12. The summed E-state index contributed by atoms with van der Waals surface area (Å²) in [5.41, 5.74) is 0.932. The molecule has 0 saturated heterocycles. The van der Waals surface area contributed by atoms with E-state index in [4.69, 9.17) is 5.26 Å². The minimum Gasteiger partial charge on any atom is -0.347 e. The third kappa shape index (κ3) is 2.08. The van der Waals surface area contributed by atoms with E-state index in [0.29, 0.717) is 5.82 Å². The molecular weight excluding hydrogens is 254 g/mol. The zero-order valence-electron chi connectivity index (χ0n) is 7.81. The number of nitriles is 1. The van der Waals surface area contributed by atoms with Crippen LogP contribution in [0.3, 0.4) is 0 Å². The Bertz CT molecular complexity index is 485. The average Bonchev–Trinajstić information content (AvgIpc) is 2.72. The van der Waals surface area contributed by atoms with E-state index in [1.54, 1.807) is 12.4 Å². The lowest BCUT2D eigenvalue weighted by atomic mass is 10.0. The van der Waals surface area contributed by atoms with Crippen LogP contribution in [0.1, 0.15) is 17.3 Å². The molecule has 1 unspecified atom stereocenters. The summed E-state index contributed by atoms with van der Waals surface area (Å²) in [5, 5.41) is 9.12. The van der Waals surface area contributed by atoms with Gasteiger partial charge in [-0.1, -0.05) is 28.1 Å². The van der Waals surface area contributed by atoms with Crippen LogP contribution in [0.15, 0.2) is 41.1 Å². The number of rotatable bonds is 2. The molecule has 0 radical (unpaired) electrons. The van der Waals surface area contributed by atoms with E-state index >= 15 is 0 Å². The molecule has 4 heteroatoms. The van der Waals surface area contributed by atoms with E-state index < -0.39 is 0 Å². The van der Waals surface area contributed by atoms with Crippen LogP contribution in [0.2, 0.25) is 0 Å². The zero-order chi connectivity index (χ0) is 10.7. The van der Waals surface area contributed by atoms with Crippen LogP contribution < -0.4 is 0 Å². The fourth-order valence-electron chi connectivity index (χ4n) is 1.42. The first kappa shape index (κ1) is 9.94. The highest BCUT2D eigenvalue weighted by molar-refractivity contribution is 9.10. The second-order valence-corrected chi connectivity index (χ2v) is 4.01. The van der Waals surface area contributed by atoms with E-state index in [2.05, 4.69) is 32.0 Å². The minimum absolute atomic E-state index is 0.336. The molecule has 15 heavy (non-hydrogen) atoms. The SMILES string of the molecule is N#CC(c1cccc(Br)c1)c1ncc[nH]1. The van der Waals surface area contributed by atoms with Crippen LogP contribution in [0.25, 0.3) is 0 Å². The van der Waals surface area contributed by atoms with E-state index in [9.17, 15) is 0 Å². The number of nitrogens with one attached hydrogen (secondary N) is 1. The Morgan fingerprint density at radius 2 is 2.33 bits per heavy atom. The fourth-order valence-corrected chi connectivity index (χ4v) is 1.83.